The molecule has 2 amide bonds. The number of aromatic nitrogens is 1. The minimum absolute atomic E-state index is 0.123. The van der Waals surface area contributed by atoms with Crippen LogP contribution in [0.4, 0.5) is 0 Å². The molecule has 2 aromatic rings. The number of hydrogen-bond donors (Lipinski definition) is 0. The summed E-state index contributed by atoms with van der Waals surface area (Å²) >= 11 is 0. The Morgan fingerprint density at radius 3 is 2.46 bits per heavy atom. The fourth-order valence-electron chi connectivity index (χ4n) is 2.40. The molecule has 2 heterocycles. The van der Waals surface area contributed by atoms with E-state index >= 15 is 0 Å². The Bertz CT molecular complexity index is 921. The summed E-state index contributed by atoms with van der Waals surface area (Å²) in [6, 6.07) is 11.9. The molecule has 0 atom stereocenters. The second-order valence-electron chi connectivity index (χ2n) is 5.29. The maximum Gasteiger partial charge on any atom is 0.285 e. The fourth-order valence-corrected chi connectivity index (χ4v) is 2.40. The van der Waals surface area contributed by atoms with E-state index in [0.717, 1.165) is 5.06 Å². The van der Waals surface area contributed by atoms with Crippen LogP contribution in [0, 0.1) is 11.8 Å². The molecule has 0 spiro atoms. The molecule has 7 nitrogen and oxygen atoms in total. The van der Waals surface area contributed by atoms with Crippen LogP contribution in [0.15, 0.2) is 47.6 Å². The zero-order valence-corrected chi connectivity index (χ0v) is 14.2. The molecular weight excluding hydrogens is 334 g/mol. The van der Waals surface area contributed by atoms with Crippen molar-refractivity contribution in [1.29, 1.82) is 0 Å². The van der Waals surface area contributed by atoms with Crippen LogP contribution < -0.4 is 0 Å². The number of hydroxylamine groups is 2. The third-order valence-electron chi connectivity index (χ3n) is 3.59. The molecule has 26 heavy (non-hydrogen) atoms. The number of fused-ring (bicyclic) bond motifs is 1. The van der Waals surface area contributed by atoms with E-state index in [9.17, 15) is 9.59 Å². The van der Waals surface area contributed by atoms with Crippen molar-refractivity contribution in [3.8, 4) is 11.8 Å². The number of imide groups is 1. The average molecular weight is 349 g/mol. The van der Waals surface area contributed by atoms with Crippen LogP contribution in [-0.2, 0) is 9.68 Å². The Morgan fingerprint density at radius 1 is 1.12 bits per heavy atom. The molecule has 1 aliphatic rings. The first-order valence-electron chi connectivity index (χ1n) is 7.76. The van der Waals surface area contributed by atoms with Crippen LogP contribution in [0.5, 0.6) is 0 Å². The van der Waals surface area contributed by atoms with Gasteiger partial charge in [0.25, 0.3) is 11.8 Å². The first kappa shape index (κ1) is 17.3. The Morgan fingerprint density at radius 2 is 1.81 bits per heavy atom. The lowest BCUT2D eigenvalue weighted by Crippen LogP contribution is -2.30. The van der Waals surface area contributed by atoms with Gasteiger partial charge < -0.3 is 4.84 Å². The quantitative estimate of drug-likeness (QED) is 0.365. The molecule has 0 aliphatic carbocycles. The van der Waals surface area contributed by atoms with E-state index in [1.165, 1.54) is 7.11 Å². The third kappa shape index (κ3) is 3.45. The molecule has 0 saturated carbocycles. The lowest BCUT2D eigenvalue weighted by molar-refractivity contribution is -0.0782. The highest BCUT2D eigenvalue weighted by atomic mass is 16.7. The number of pyridine rings is 1. The molecule has 0 radical (unpaired) electrons. The second-order valence-corrected chi connectivity index (χ2v) is 5.29. The van der Waals surface area contributed by atoms with Gasteiger partial charge in [-0.25, -0.2) is 9.82 Å². The highest BCUT2D eigenvalue weighted by Crippen LogP contribution is 2.22. The summed E-state index contributed by atoms with van der Waals surface area (Å²) in [6.07, 6.45) is 0. The van der Waals surface area contributed by atoms with Gasteiger partial charge in [0.05, 0.1) is 16.8 Å². The van der Waals surface area contributed by atoms with Gasteiger partial charge in [-0.2, -0.15) is 0 Å². The molecule has 3 rings (SSSR count). The van der Waals surface area contributed by atoms with Gasteiger partial charge in [0.1, 0.15) is 25.1 Å². The van der Waals surface area contributed by atoms with Crippen molar-refractivity contribution in [3.63, 3.8) is 0 Å². The van der Waals surface area contributed by atoms with Gasteiger partial charge in [0.15, 0.2) is 0 Å². The molecule has 0 unspecified atom stereocenters. The van der Waals surface area contributed by atoms with E-state index in [0.29, 0.717) is 28.2 Å². The monoisotopic (exact) mass is 349 g/mol. The minimum atomic E-state index is -0.487. The highest BCUT2D eigenvalue weighted by molar-refractivity contribution is 6.20. The van der Waals surface area contributed by atoms with E-state index in [4.69, 9.17) is 9.68 Å². The lowest BCUT2D eigenvalue weighted by atomic mass is 10.1. The van der Waals surface area contributed by atoms with Crippen LogP contribution in [0.25, 0.3) is 0 Å². The number of nitrogens with zero attached hydrogens (tertiary/aromatic N) is 3. The van der Waals surface area contributed by atoms with E-state index in [-0.39, 0.29) is 6.61 Å². The zero-order chi connectivity index (χ0) is 18.5. The highest BCUT2D eigenvalue weighted by Gasteiger charge is 2.36. The summed E-state index contributed by atoms with van der Waals surface area (Å²) in [5.41, 5.74) is 2.43. The van der Waals surface area contributed by atoms with Gasteiger partial charge >= 0.3 is 0 Å². The summed E-state index contributed by atoms with van der Waals surface area (Å²) in [7, 11) is 1.46. The molecule has 7 heteroatoms. The smallest absolute Gasteiger partial charge is 0.285 e. The Kier molecular flexibility index (Phi) is 5.06. The Labute approximate surface area is 150 Å². The van der Waals surface area contributed by atoms with E-state index in [1.54, 1.807) is 49.4 Å². The fraction of sp³-hybridized carbons (Fsp3) is 0.158. The van der Waals surface area contributed by atoms with Crippen molar-refractivity contribution >= 4 is 17.5 Å². The first-order valence-corrected chi connectivity index (χ1v) is 7.76. The van der Waals surface area contributed by atoms with Crippen LogP contribution in [0.2, 0.25) is 0 Å². The number of amides is 2. The van der Waals surface area contributed by atoms with Crippen LogP contribution in [0.1, 0.15) is 39.0 Å². The zero-order valence-electron chi connectivity index (χ0n) is 14.2. The number of rotatable bonds is 4. The average Bonchev–Trinajstić information content (AvgIpc) is 2.90. The number of hydrogen-bond acceptors (Lipinski definition) is 6. The summed E-state index contributed by atoms with van der Waals surface area (Å²) in [6.45, 7) is 1.65. The molecular formula is C19H15N3O4. The summed E-state index contributed by atoms with van der Waals surface area (Å²) in [5, 5.41) is 4.56. The van der Waals surface area contributed by atoms with Gasteiger partial charge in [-0.3, -0.25) is 9.59 Å². The predicted octanol–water partition coefficient (Wildman–Crippen LogP) is 2.03. The second kappa shape index (κ2) is 7.59. The Hall–Kier alpha value is -3.50. The molecule has 130 valence electrons. The Balaban J connectivity index is 1.65. The number of benzene rings is 1. The maximum absolute atomic E-state index is 12.1. The van der Waals surface area contributed by atoms with E-state index in [2.05, 4.69) is 22.0 Å². The predicted molar refractivity (Wildman–Crippen MR) is 93.2 cm³/mol. The first-order chi connectivity index (χ1) is 12.6. The largest absolute Gasteiger partial charge is 0.399 e. The number of carbonyl (C=O) groups excluding carboxylic acids is 2. The van der Waals surface area contributed by atoms with Gasteiger partial charge in [0.2, 0.25) is 0 Å². The standard InChI is InChI=1S/C19H15N3O4/c1-13(21-25-2)17-11-5-7-14(20-17)8-6-12-26-22-18(23)15-9-3-4-10-16(15)19(22)24/h3-5,7,9-11H,12H2,1-2H3. The molecule has 1 aliphatic heterocycles. The van der Waals surface area contributed by atoms with Crippen molar-refractivity contribution in [2.24, 2.45) is 5.16 Å². The summed E-state index contributed by atoms with van der Waals surface area (Å²) in [5.74, 6) is 4.59. The van der Waals surface area contributed by atoms with Crippen molar-refractivity contribution in [2.45, 2.75) is 6.92 Å². The van der Waals surface area contributed by atoms with Crippen LogP contribution in [0.3, 0.4) is 0 Å². The van der Waals surface area contributed by atoms with Gasteiger partial charge in [-0.15, -0.1) is 5.06 Å². The van der Waals surface area contributed by atoms with E-state index in [1.807, 2.05) is 0 Å². The SMILES string of the molecule is CON=C(C)c1cccc(C#CCON2C(=O)c3ccccc3C2=O)n1. The lowest BCUT2D eigenvalue weighted by Gasteiger charge is -2.10. The van der Waals surface area contributed by atoms with Gasteiger partial charge in [-0.1, -0.05) is 29.3 Å². The third-order valence-corrected chi connectivity index (χ3v) is 3.59. The topological polar surface area (TPSA) is 81.1 Å². The number of carbonyl (C=O) groups is 2. The van der Waals surface area contributed by atoms with E-state index < -0.39 is 11.8 Å². The number of oxime groups is 1. The molecule has 1 aromatic carbocycles. The molecule has 0 saturated heterocycles. The van der Waals surface area contributed by atoms with Gasteiger partial charge in [-0.05, 0) is 37.1 Å². The normalized spacial score (nSPS) is 13.3. The minimum Gasteiger partial charge on any atom is -0.399 e. The molecule has 0 fully saturated rings. The van der Waals surface area contributed by atoms with Crippen LogP contribution >= 0.6 is 0 Å². The van der Waals surface area contributed by atoms with Gasteiger partial charge in [0, 0.05) is 0 Å². The van der Waals surface area contributed by atoms with Crippen LogP contribution in [-0.4, -0.2) is 41.3 Å². The summed E-state index contributed by atoms with van der Waals surface area (Å²) in [4.78, 5) is 38.6. The molecule has 1 aromatic heterocycles. The molecule has 0 N–H and O–H groups in total. The molecule has 0 bridgehead atoms. The summed E-state index contributed by atoms with van der Waals surface area (Å²) < 4.78 is 0. The van der Waals surface area contributed by atoms with Crippen molar-refractivity contribution in [3.05, 3.63) is 65.0 Å². The van der Waals surface area contributed by atoms with Crippen molar-refractivity contribution in [2.75, 3.05) is 13.7 Å². The van der Waals surface area contributed by atoms with Crippen molar-refractivity contribution in [1.82, 2.24) is 10.0 Å². The van der Waals surface area contributed by atoms with Crippen molar-refractivity contribution < 1.29 is 19.3 Å². The maximum atomic E-state index is 12.1.